The number of para-hydroxylation sites is 2. The average Bonchev–Trinajstić information content (AvgIpc) is 3.17. The molecule has 2 aromatic heterocycles. The van der Waals surface area contributed by atoms with Crippen LogP contribution in [0.5, 0.6) is 5.75 Å². The number of fused-ring (bicyclic) bond motifs is 1. The van der Waals surface area contributed by atoms with Crippen molar-refractivity contribution in [1.29, 1.82) is 0 Å². The molecule has 0 N–H and O–H groups in total. The molecule has 0 bridgehead atoms. The van der Waals surface area contributed by atoms with E-state index >= 15 is 0 Å². The molecule has 0 radical (unpaired) electrons. The van der Waals surface area contributed by atoms with Crippen LogP contribution in [-0.2, 0) is 5.75 Å². The second-order valence-corrected chi connectivity index (χ2v) is 6.61. The highest BCUT2D eigenvalue weighted by molar-refractivity contribution is 7.98. The van der Waals surface area contributed by atoms with Crippen LogP contribution in [0.25, 0.3) is 16.6 Å². The van der Waals surface area contributed by atoms with E-state index < -0.39 is 0 Å². The number of hydrogen-bond acceptors (Lipinski definition) is 6. The summed E-state index contributed by atoms with van der Waals surface area (Å²) in [5.41, 5.74) is 2.34. The molecule has 2 heterocycles. The number of hydrogen-bond donors (Lipinski definition) is 0. The molecule has 0 aliphatic carbocycles. The molecular formula is C19H16FN5OS. The SMILES string of the molecule is CCOc1ccccc1-n1nnnc1SCc1ccc(F)c2cccnc12. The molecule has 27 heavy (non-hydrogen) atoms. The monoisotopic (exact) mass is 381 g/mol. The number of tetrazole rings is 1. The molecule has 4 aromatic rings. The first-order chi connectivity index (χ1) is 13.3. The van der Waals surface area contributed by atoms with Crippen molar-refractivity contribution in [2.24, 2.45) is 0 Å². The Bertz CT molecular complexity index is 1080. The molecule has 6 nitrogen and oxygen atoms in total. The number of halogens is 1. The molecule has 0 unspecified atom stereocenters. The molecule has 0 atom stereocenters. The van der Waals surface area contributed by atoms with Crippen LogP contribution in [0.1, 0.15) is 12.5 Å². The van der Waals surface area contributed by atoms with Gasteiger partial charge >= 0.3 is 0 Å². The summed E-state index contributed by atoms with van der Waals surface area (Å²) in [6.07, 6.45) is 1.67. The fourth-order valence-electron chi connectivity index (χ4n) is 2.78. The van der Waals surface area contributed by atoms with Crippen molar-refractivity contribution in [2.75, 3.05) is 6.61 Å². The van der Waals surface area contributed by atoms with Gasteiger partial charge in [0.2, 0.25) is 5.16 Å². The Morgan fingerprint density at radius 2 is 2.00 bits per heavy atom. The molecule has 4 rings (SSSR count). The standard InChI is InChI=1S/C19H16FN5OS/c1-2-26-17-8-4-3-7-16(17)25-19(22-23-24-25)27-12-13-9-10-15(20)14-6-5-11-21-18(13)14/h3-11H,2,12H2,1H3. The zero-order valence-electron chi connectivity index (χ0n) is 14.5. The number of thioether (sulfide) groups is 1. The molecule has 0 spiro atoms. The van der Waals surface area contributed by atoms with Gasteiger partial charge in [-0.15, -0.1) is 5.10 Å². The smallest absolute Gasteiger partial charge is 0.214 e. The lowest BCUT2D eigenvalue weighted by Crippen LogP contribution is -2.03. The Morgan fingerprint density at radius 3 is 2.89 bits per heavy atom. The van der Waals surface area contributed by atoms with Crippen molar-refractivity contribution in [3.8, 4) is 11.4 Å². The number of aromatic nitrogens is 5. The predicted octanol–water partition coefficient (Wildman–Crippen LogP) is 4.04. The summed E-state index contributed by atoms with van der Waals surface area (Å²) in [6, 6.07) is 14.3. The summed E-state index contributed by atoms with van der Waals surface area (Å²) in [5, 5.41) is 13.1. The number of pyridine rings is 1. The van der Waals surface area contributed by atoms with Gasteiger partial charge in [0, 0.05) is 17.3 Å². The van der Waals surface area contributed by atoms with Crippen LogP contribution in [0.3, 0.4) is 0 Å². The van der Waals surface area contributed by atoms with Crippen LogP contribution in [0.15, 0.2) is 59.9 Å². The Kier molecular flexibility index (Phi) is 4.97. The second kappa shape index (κ2) is 7.71. The molecule has 0 saturated heterocycles. The van der Waals surface area contributed by atoms with E-state index in [9.17, 15) is 4.39 Å². The molecule has 8 heteroatoms. The molecule has 0 aliphatic rings. The molecule has 0 saturated carbocycles. The van der Waals surface area contributed by atoms with Crippen molar-refractivity contribution in [3.05, 3.63) is 66.1 Å². The fraction of sp³-hybridized carbons (Fsp3) is 0.158. The van der Waals surface area contributed by atoms with E-state index in [1.807, 2.05) is 31.2 Å². The van der Waals surface area contributed by atoms with Crippen molar-refractivity contribution in [2.45, 2.75) is 17.8 Å². The van der Waals surface area contributed by atoms with Gasteiger partial charge in [-0.3, -0.25) is 4.98 Å². The van der Waals surface area contributed by atoms with Gasteiger partial charge < -0.3 is 4.74 Å². The highest BCUT2D eigenvalue weighted by Crippen LogP contribution is 2.29. The van der Waals surface area contributed by atoms with E-state index in [0.717, 1.165) is 11.3 Å². The van der Waals surface area contributed by atoms with Crippen molar-refractivity contribution in [3.63, 3.8) is 0 Å². The number of benzene rings is 2. The second-order valence-electron chi connectivity index (χ2n) is 5.67. The third-order valence-electron chi connectivity index (χ3n) is 3.99. The zero-order valence-corrected chi connectivity index (χ0v) is 15.4. The lowest BCUT2D eigenvalue weighted by molar-refractivity contribution is 0.337. The molecule has 0 aliphatic heterocycles. The van der Waals surface area contributed by atoms with Crippen LogP contribution in [0.2, 0.25) is 0 Å². The first-order valence-electron chi connectivity index (χ1n) is 8.43. The molecular weight excluding hydrogens is 365 g/mol. The Balaban J connectivity index is 1.64. The van der Waals surface area contributed by atoms with Crippen molar-refractivity contribution < 1.29 is 9.13 Å². The van der Waals surface area contributed by atoms with E-state index in [-0.39, 0.29) is 5.82 Å². The Morgan fingerprint density at radius 1 is 1.11 bits per heavy atom. The van der Waals surface area contributed by atoms with E-state index in [1.54, 1.807) is 29.1 Å². The van der Waals surface area contributed by atoms with Crippen LogP contribution in [-0.4, -0.2) is 31.8 Å². The maximum atomic E-state index is 14.0. The van der Waals surface area contributed by atoms with Crippen molar-refractivity contribution >= 4 is 22.7 Å². The van der Waals surface area contributed by atoms with Gasteiger partial charge in [0.15, 0.2) is 0 Å². The lowest BCUT2D eigenvalue weighted by atomic mass is 10.1. The third-order valence-corrected chi connectivity index (χ3v) is 4.96. The summed E-state index contributed by atoms with van der Waals surface area (Å²) in [5.74, 6) is 0.996. The normalized spacial score (nSPS) is 11.0. The maximum absolute atomic E-state index is 14.0. The van der Waals surface area contributed by atoms with Gasteiger partial charge in [0.05, 0.1) is 12.1 Å². The van der Waals surface area contributed by atoms with Crippen LogP contribution < -0.4 is 4.74 Å². The summed E-state index contributed by atoms with van der Waals surface area (Å²) in [4.78, 5) is 4.33. The van der Waals surface area contributed by atoms with E-state index in [0.29, 0.717) is 34.2 Å². The molecule has 2 aromatic carbocycles. The summed E-state index contributed by atoms with van der Waals surface area (Å²) < 4.78 is 21.3. The number of rotatable bonds is 6. The average molecular weight is 381 g/mol. The zero-order chi connectivity index (χ0) is 18.6. The van der Waals surface area contributed by atoms with Crippen LogP contribution in [0.4, 0.5) is 4.39 Å². The van der Waals surface area contributed by atoms with Gasteiger partial charge in [-0.25, -0.2) is 4.39 Å². The quantitative estimate of drug-likeness (QED) is 0.470. The molecule has 0 fully saturated rings. The number of ether oxygens (including phenoxy) is 1. The number of nitrogens with zero attached hydrogens (tertiary/aromatic N) is 5. The minimum Gasteiger partial charge on any atom is -0.492 e. The van der Waals surface area contributed by atoms with Crippen LogP contribution >= 0.6 is 11.8 Å². The van der Waals surface area contributed by atoms with Gasteiger partial charge in [-0.1, -0.05) is 30.0 Å². The van der Waals surface area contributed by atoms with Gasteiger partial charge in [-0.05, 0) is 53.2 Å². The predicted molar refractivity (Wildman–Crippen MR) is 102 cm³/mol. The van der Waals surface area contributed by atoms with Crippen LogP contribution in [0, 0.1) is 5.82 Å². The minimum absolute atomic E-state index is 0.276. The summed E-state index contributed by atoms with van der Waals surface area (Å²) in [7, 11) is 0. The Hall–Kier alpha value is -3.00. The van der Waals surface area contributed by atoms with Gasteiger partial charge in [0.1, 0.15) is 17.3 Å². The highest BCUT2D eigenvalue weighted by Gasteiger charge is 2.14. The lowest BCUT2D eigenvalue weighted by Gasteiger charge is -2.11. The van der Waals surface area contributed by atoms with Gasteiger partial charge in [0.25, 0.3) is 0 Å². The van der Waals surface area contributed by atoms with Gasteiger partial charge in [-0.2, -0.15) is 4.68 Å². The largest absolute Gasteiger partial charge is 0.492 e. The topological polar surface area (TPSA) is 65.7 Å². The molecule has 136 valence electrons. The highest BCUT2D eigenvalue weighted by atomic mass is 32.2. The first-order valence-corrected chi connectivity index (χ1v) is 9.42. The maximum Gasteiger partial charge on any atom is 0.214 e. The van der Waals surface area contributed by atoms with E-state index in [4.69, 9.17) is 4.74 Å². The third kappa shape index (κ3) is 3.48. The van der Waals surface area contributed by atoms with E-state index in [1.165, 1.54) is 17.8 Å². The Labute approximate surface area is 159 Å². The fourth-order valence-corrected chi connectivity index (χ4v) is 3.65. The summed E-state index contributed by atoms with van der Waals surface area (Å²) >= 11 is 1.46. The minimum atomic E-state index is -0.276. The van der Waals surface area contributed by atoms with E-state index in [2.05, 4.69) is 20.5 Å². The van der Waals surface area contributed by atoms with Crippen molar-refractivity contribution in [1.82, 2.24) is 25.2 Å². The summed E-state index contributed by atoms with van der Waals surface area (Å²) in [6.45, 7) is 2.48. The first kappa shape index (κ1) is 17.4. The molecule has 0 amide bonds.